The number of aryl methyl sites for hydroxylation is 1. The number of aromatic nitrogens is 3. The number of ether oxygens (including phenoxy) is 1. The molecule has 1 unspecified atom stereocenters. The van der Waals surface area contributed by atoms with E-state index in [-0.39, 0.29) is 24.5 Å². The molecule has 1 N–H and O–H groups in total. The van der Waals surface area contributed by atoms with E-state index in [2.05, 4.69) is 10.6 Å². The smallest absolute Gasteiger partial charge is 0.435 e. The van der Waals surface area contributed by atoms with Crippen LogP contribution in [0.1, 0.15) is 52.5 Å². The van der Waals surface area contributed by atoms with E-state index in [9.17, 15) is 18.0 Å². The molecule has 0 saturated carbocycles. The van der Waals surface area contributed by atoms with Crippen molar-refractivity contribution in [2.24, 2.45) is 0 Å². The summed E-state index contributed by atoms with van der Waals surface area (Å²) in [5.41, 5.74) is 4.91. The van der Waals surface area contributed by atoms with Gasteiger partial charge in [0.15, 0.2) is 5.69 Å². The Kier molecular flexibility index (Phi) is 6.95. The Hall–Kier alpha value is -3.38. The third kappa shape index (κ3) is 5.49. The second-order valence-electron chi connectivity index (χ2n) is 9.05. The van der Waals surface area contributed by atoms with Crippen LogP contribution in [0.4, 0.5) is 13.2 Å². The summed E-state index contributed by atoms with van der Waals surface area (Å²) < 4.78 is 45.0. The van der Waals surface area contributed by atoms with Crippen LogP contribution in [0.2, 0.25) is 0 Å². The van der Waals surface area contributed by atoms with Gasteiger partial charge in [0.25, 0.3) is 0 Å². The van der Waals surface area contributed by atoms with E-state index in [1.807, 2.05) is 35.7 Å². The van der Waals surface area contributed by atoms with Gasteiger partial charge >= 0.3 is 6.18 Å². The van der Waals surface area contributed by atoms with Crippen molar-refractivity contribution in [2.75, 3.05) is 20.2 Å². The molecule has 8 nitrogen and oxygen atoms in total. The largest absolute Gasteiger partial charge is 0.497 e. The second kappa shape index (κ2) is 10.2. The van der Waals surface area contributed by atoms with Crippen molar-refractivity contribution in [2.45, 2.75) is 44.5 Å². The molecule has 12 heteroatoms. The molecule has 1 amide bonds. The summed E-state index contributed by atoms with van der Waals surface area (Å²) >= 11 is 1.58. The normalized spacial score (nSPS) is 18.6. The fourth-order valence-electron chi connectivity index (χ4n) is 4.45. The highest BCUT2D eigenvalue weighted by molar-refractivity contribution is 7.09. The number of hydroxylamine groups is 1. The Bertz CT molecular complexity index is 1290. The predicted molar refractivity (Wildman–Crippen MR) is 131 cm³/mol. The van der Waals surface area contributed by atoms with Gasteiger partial charge in [-0.3, -0.25) is 19.8 Å². The number of hydrogen-bond acceptors (Lipinski definition) is 7. The number of hydrogen-bond donors (Lipinski definition) is 1. The molecule has 5 rings (SSSR count). The van der Waals surface area contributed by atoms with Crippen molar-refractivity contribution >= 4 is 22.9 Å². The van der Waals surface area contributed by atoms with Crippen LogP contribution < -0.4 is 10.2 Å². The highest BCUT2D eigenvalue weighted by Gasteiger charge is 2.35. The number of halogens is 3. The van der Waals surface area contributed by atoms with Crippen molar-refractivity contribution in [3.05, 3.63) is 69.4 Å². The number of alkyl halides is 3. The van der Waals surface area contributed by atoms with Gasteiger partial charge in [-0.2, -0.15) is 18.3 Å². The van der Waals surface area contributed by atoms with Gasteiger partial charge < -0.3 is 9.64 Å². The zero-order chi connectivity index (χ0) is 26.2. The standard InChI is InChI=1S/C25H26F3N5O3S/c1-15-11-22(25(26,27)28)30-33(15)13-23(34)32-9-7-17(8-10-32)24-29-20(14-37-24)19-12-21(36-31-19)16-3-5-18(35-2)6-4-16/h3-6,11-12,14,17,21,31H,7-10,13H2,1-2H3. The lowest BCUT2D eigenvalue weighted by molar-refractivity contribution is -0.142. The molecule has 0 aliphatic carbocycles. The van der Waals surface area contributed by atoms with Gasteiger partial charge in [0.2, 0.25) is 5.91 Å². The number of piperidine rings is 1. The Morgan fingerprint density at radius 1 is 1.24 bits per heavy atom. The fourth-order valence-corrected chi connectivity index (χ4v) is 5.44. The number of thiazole rings is 1. The maximum absolute atomic E-state index is 12.9. The maximum atomic E-state index is 12.9. The topological polar surface area (TPSA) is 81.5 Å². The molecule has 1 saturated heterocycles. The Morgan fingerprint density at radius 2 is 1.97 bits per heavy atom. The van der Waals surface area contributed by atoms with E-state index in [0.717, 1.165) is 51.3 Å². The van der Waals surface area contributed by atoms with Crippen molar-refractivity contribution < 1.29 is 27.5 Å². The number of amides is 1. The lowest BCUT2D eigenvalue weighted by Crippen LogP contribution is -2.40. The van der Waals surface area contributed by atoms with E-state index >= 15 is 0 Å². The lowest BCUT2D eigenvalue weighted by atomic mass is 9.97. The number of rotatable bonds is 6. The first-order chi connectivity index (χ1) is 17.7. The molecule has 1 atom stereocenters. The molecule has 0 radical (unpaired) electrons. The van der Waals surface area contributed by atoms with E-state index in [0.29, 0.717) is 18.8 Å². The van der Waals surface area contributed by atoms with Crippen LogP contribution in [0.15, 0.2) is 41.8 Å². The molecular weight excluding hydrogens is 507 g/mol. The molecule has 2 aliphatic rings. The zero-order valence-electron chi connectivity index (χ0n) is 20.3. The van der Waals surface area contributed by atoms with Crippen LogP contribution in [0, 0.1) is 6.92 Å². The van der Waals surface area contributed by atoms with Crippen molar-refractivity contribution in [3.8, 4) is 5.75 Å². The SMILES string of the molecule is COc1ccc(C2C=C(c3csc(C4CCN(C(=O)Cn5nc(C(F)(F)F)cc5C)CC4)n3)NO2)cc1. The quantitative estimate of drug-likeness (QED) is 0.495. The van der Waals surface area contributed by atoms with Gasteiger partial charge in [0, 0.05) is 30.1 Å². The molecule has 196 valence electrons. The molecule has 0 bridgehead atoms. The number of nitrogens with one attached hydrogen (secondary N) is 1. The summed E-state index contributed by atoms with van der Waals surface area (Å²) in [6, 6.07) is 8.64. The number of benzene rings is 1. The highest BCUT2D eigenvalue weighted by Crippen LogP contribution is 2.34. The third-order valence-corrected chi connectivity index (χ3v) is 7.62. The molecule has 1 fully saturated rings. The Balaban J connectivity index is 1.17. The molecule has 4 heterocycles. The van der Waals surface area contributed by atoms with Gasteiger partial charge in [-0.05, 0) is 49.6 Å². The Labute approximate surface area is 215 Å². The number of carbonyl (C=O) groups excluding carboxylic acids is 1. The minimum atomic E-state index is -4.53. The monoisotopic (exact) mass is 533 g/mol. The Morgan fingerprint density at radius 3 is 2.62 bits per heavy atom. The summed E-state index contributed by atoms with van der Waals surface area (Å²) in [6.07, 6.45) is -1.30. The van der Waals surface area contributed by atoms with Gasteiger partial charge in [-0.15, -0.1) is 11.3 Å². The number of methoxy groups -OCH3 is 1. The average molecular weight is 534 g/mol. The van der Waals surface area contributed by atoms with E-state index in [1.54, 1.807) is 23.3 Å². The second-order valence-corrected chi connectivity index (χ2v) is 9.94. The summed E-state index contributed by atoms with van der Waals surface area (Å²) in [7, 11) is 1.63. The molecule has 1 aromatic carbocycles. The van der Waals surface area contributed by atoms with Crippen LogP contribution in [0.3, 0.4) is 0 Å². The van der Waals surface area contributed by atoms with Crippen LogP contribution in [0.5, 0.6) is 5.75 Å². The molecule has 2 aromatic heterocycles. The third-order valence-electron chi connectivity index (χ3n) is 6.61. The minimum Gasteiger partial charge on any atom is -0.497 e. The predicted octanol–water partition coefficient (Wildman–Crippen LogP) is 4.70. The lowest BCUT2D eigenvalue weighted by Gasteiger charge is -2.31. The van der Waals surface area contributed by atoms with E-state index in [1.165, 1.54) is 6.92 Å². The number of carbonyl (C=O) groups is 1. The summed E-state index contributed by atoms with van der Waals surface area (Å²) in [5, 5.41) is 6.55. The van der Waals surface area contributed by atoms with Crippen LogP contribution in [-0.2, 0) is 22.4 Å². The molecule has 3 aromatic rings. The van der Waals surface area contributed by atoms with Crippen molar-refractivity contribution in [3.63, 3.8) is 0 Å². The highest BCUT2D eigenvalue weighted by atomic mass is 32.1. The first kappa shape index (κ1) is 25.3. The average Bonchev–Trinajstić information content (AvgIpc) is 3.64. The molecule has 0 spiro atoms. The van der Waals surface area contributed by atoms with Crippen LogP contribution in [0.25, 0.3) is 5.70 Å². The molecular formula is C25H26F3N5O3S. The number of likely N-dealkylation sites (tertiary alicyclic amines) is 1. The van der Waals surface area contributed by atoms with Gasteiger partial charge in [-0.1, -0.05) is 12.1 Å². The van der Waals surface area contributed by atoms with Crippen molar-refractivity contribution in [1.29, 1.82) is 0 Å². The van der Waals surface area contributed by atoms with Gasteiger partial charge in [0.05, 0.1) is 23.5 Å². The van der Waals surface area contributed by atoms with E-state index in [4.69, 9.17) is 14.6 Å². The van der Waals surface area contributed by atoms with E-state index < -0.39 is 11.9 Å². The zero-order valence-corrected chi connectivity index (χ0v) is 21.1. The molecule has 2 aliphatic heterocycles. The summed E-state index contributed by atoms with van der Waals surface area (Å²) in [6.45, 7) is 2.35. The number of nitrogens with zero attached hydrogens (tertiary/aromatic N) is 4. The van der Waals surface area contributed by atoms with Crippen molar-refractivity contribution in [1.82, 2.24) is 25.1 Å². The molecule has 37 heavy (non-hydrogen) atoms. The van der Waals surface area contributed by atoms with Crippen LogP contribution >= 0.6 is 11.3 Å². The maximum Gasteiger partial charge on any atom is 0.435 e. The fraction of sp³-hybridized carbons (Fsp3) is 0.400. The summed E-state index contributed by atoms with van der Waals surface area (Å²) in [4.78, 5) is 24.9. The van der Waals surface area contributed by atoms with Gasteiger partial charge in [0.1, 0.15) is 18.4 Å². The minimum absolute atomic E-state index is 0.205. The van der Waals surface area contributed by atoms with Gasteiger partial charge in [-0.25, -0.2) is 4.98 Å². The van der Waals surface area contributed by atoms with Crippen LogP contribution in [-0.4, -0.2) is 45.8 Å². The first-order valence-corrected chi connectivity index (χ1v) is 12.7. The summed E-state index contributed by atoms with van der Waals surface area (Å²) in [5.74, 6) is 0.759. The first-order valence-electron chi connectivity index (χ1n) is 11.8.